The van der Waals surface area contributed by atoms with Gasteiger partial charge in [-0.25, -0.2) is 4.79 Å². The molecule has 0 fully saturated rings. The number of hydrogen-bond donors (Lipinski definition) is 3. The van der Waals surface area contributed by atoms with Crippen LogP contribution < -0.4 is 20.1 Å². The Labute approximate surface area is 126 Å². The monoisotopic (exact) mass is 316 g/mol. The van der Waals surface area contributed by atoms with Crippen molar-refractivity contribution in [3.8, 4) is 11.5 Å². The van der Waals surface area contributed by atoms with E-state index in [1.807, 2.05) is 6.92 Å². The highest BCUT2D eigenvalue weighted by molar-refractivity contribution is 5.89. The molecule has 2 rings (SSSR count). The molecule has 2 unspecified atom stereocenters. The Hall–Kier alpha value is -2.09. The molecule has 1 aromatic carbocycles. The van der Waals surface area contributed by atoms with Crippen molar-refractivity contribution < 1.29 is 28.2 Å². The highest BCUT2D eigenvalue weighted by atomic mass is 19.3. The Balaban J connectivity index is 1.86. The Morgan fingerprint density at radius 1 is 1.32 bits per heavy atom. The van der Waals surface area contributed by atoms with E-state index in [1.165, 1.54) is 18.2 Å². The Morgan fingerprint density at radius 3 is 2.68 bits per heavy atom. The molecular weight excluding hydrogens is 298 g/mol. The van der Waals surface area contributed by atoms with Crippen LogP contribution in [0.25, 0.3) is 0 Å². The SMILES string of the molecule is CC(O)CC(C)CNC(=O)Nc1ccc2c(c1)OC(F)(F)O2. The molecule has 2 atom stereocenters. The number of carbonyl (C=O) groups excluding carboxylic acids is 1. The van der Waals surface area contributed by atoms with Gasteiger partial charge in [-0.05, 0) is 31.4 Å². The number of aliphatic hydroxyl groups excluding tert-OH is 1. The van der Waals surface area contributed by atoms with Gasteiger partial charge in [-0.2, -0.15) is 0 Å². The minimum Gasteiger partial charge on any atom is -0.395 e. The van der Waals surface area contributed by atoms with Crippen molar-refractivity contribution >= 4 is 11.7 Å². The number of ether oxygens (including phenoxy) is 2. The van der Waals surface area contributed by atoms with Crippen LogP contribution in [-0.2, 0) is 0 Å². The number of amides is 2. The molecule has 0 bridgehead atoms. The molecule has 0 aromatic heterocycles. The summed E-state index contributed by atoms with van der Waals surface area (Å²) in [5, 5.41) is 14.4. The molecule has 0 saturated carbocycles. The normalized spacial score (nSPS) is 17.7. The standard InChI is InChI=1S/C14H18F2N2O4/c1-8(5-9(2)19)7-17-13(20)18-10-3-4-11-12(6-10)22-14(15,16)21-11/h3-4,6,8-9,19H,5,7H2,1-2H3,(H2,17,18,20). The third-order valence-electron chi connectivity index (χ3n) is 3.01. The Morgan fingerprint density at radius 2 is 2.00 bits per heavy atom. The van der Waals surface area contributed by atoms with E-state index in [0.717, 1.165) is 0 Å². The quantitative estimate of drug-likeness (QED) is 0.780. The minimum atomic E-state index is -3.68. The Bertz CT molecular complexity index is 552. The lowest BCUT2D eigenvalue weighted by Crippen LogP contribution is -2.33. The zero-order valence-electron chi connectivity index (χ0n) is 12.2. The number of nitrogens with one attached hydrogen (secondary N) is 2. The lowest BCUT2D eigenvalue weighted by molar-refractivity contribution is -0.286. The number of halogens is 2. The molecular formula is C14H18F2N2O4. The summed E-state index contributed by atoms with van der Waals surface area (Å²) in [5.41, 5.74) is 0.306. The van der Waals surface area contributed by atoms with Gasteiger partial charge in [-0.3, -0.25) is 0 Å². The van der Waals surface area contributed by atoms with Crippen LogP contribution in [0.5, 0.6) is 11.5 Å². The molecule has 6 nitrogen and oxygen atoms in total. The van der Waals surface area contributed by atoms with Gasteiger partial charge >= 0.3 is 12.3 Å². The van der Waals surface area contributed by atoms with Crippen molar-refractivity contribution in [3.63, 3.8) is 0 Å². The van der Waals surface area contributed by atoms with E-state index in [4.69, 9.17) is 0 Å². The molecule has 2 amide bonds. The topological polar surface area (TPSA) is 79.8 Å². The lowest BCUT2D eigenvalue weighted by Gasteiger charge is -2.14. The maximum atomic E-state index is 12.9. The van der Waals surface area contributed by atoms with Gasteiger partial charge in [0.05, 0.1) is 6.10 Å². The van der Waals surface area contributed by atoms with E-state index < -0.39 is 18.4 Å². The zero-order chi connectivity index (χ0) is 16.3. The summed E-state index contributed by atoms with van der Waals surface area (Å²) in [6.45, 7) is 3.97. The molecule has 1 aliphatic heterocycles. The second kappa shape index (κ2) is 6.35. The molecule has 0 spiro atoms. The van der Waals surface area contributed by atoms with Crippen molar-refractivity contribution in [1.82, 2.24) is 5.32 Å². The number of alkyl halides is 2. The van der Waals surface area contributed by atoms with Crippen LogP contribution in [0, 0.1) is 5.92 Å². The first-order valence-corrected chi connectivity index (χ1v) is 6.88. The van der Waals surface area contributed by atoms with Crippen LogP contribution in [0.2, 0.25) is 0 Å². The second-order valence-corrected chi connectivity index (χ2v) is 5.35. The van der Waals surface area contributed by atoms with Gasteiger partial charge in [-0.15, -0.1) is 8.78 Å². The molecule has 0 saturated heterocycles. The van der Waals surface area contributed by atoms with E-state index in [0.29, 0.717) is 18.7 Å². The first-order chi connectivity index (χ1) is 10.2. The predicted octanol–water partition coefficient (Wildman–Crippen LogP) is 2.54. The first-order valence-electron chi connectivity index (χ1n) is 6.88. The molecule has 1 aliphatic rings. The predicted molar refractivity (Wildman–Crippen MR) is 75.1 cm³/mol. The maximum absolute atomic E-state index is 12.9. The van der Waals surface area contributed by atoms with E-state index in [9.17, 15) is 18.7 Å². The fourth-order valence-electron chi connectivity index (χ4n) is 2.13. The van der Waals surface area contributed by atoms with Gasteiger partial charge in [-0.1, -0.05) is 6.92 Å². The summed E-state index contributed by atoms with van der Waals surface area (Å²) in [5.74, 6) is -0.104. The van der Waals surface area contributed by atoms with E-state index in [2.05, 4.69) is 20.1 Å². The number of carbonyl (C=O) groups is 1. The van der Waals surface area contributed by atoms with E-state index in [1.54, 1.807) is 6.92 Å². The zero-order valence-corrected chi connectivity index (χ0v) is 12.2. The van der Waals surface area contributed by atoms with Gasteiger partial charge in [0.25, 0.3) is 0 Å². The smallest absolute Gasteiger partial charge is 0.395 e. The fraction of sp³-hybridized carbons (Fsp3) is 0.500. The number of hydrogen-bond acceptors (Lipinski definition) is 4. The van der Waals surface area contributed by atoms with Crippen LogP contribution in [0.4, 0.5) is 19.3 Å². The summed E-state index contributed by atoms with van der Waals surface area (Å²) < 4.78 is 34.3. The second-order valence-electron chi connectivity index (χ2n) is 5.35. The summed E-state index contributed by atoms with van der Waals surface area (Å²) >= 11 is 0. The molecule has 8 heteroatoms. The maximum Gasteiger partial charge on any atom is 0.586 e. The number of anilines is 1. The number of aliphatic hydroxyl groups is 1. The van der Waals surface area contributed by atoms with Gasteiger partial charge in [0, 0.05) is 18.3 Å². The Kier molecular flexibility index (Phi) is 4.70. The summed E-state index contributed by atoms with van der Waals surface area (Å²) in [6.07, 6.45) is -3.55. The average molecular weight is 316 g/mol. The summed E-state index contributed by atoms with van der Waals surface area (Å²) in [4.78, 5) is 11.7. The van der Waals surface area contributed by atoms with Gasteiger partial charge in [0.1, 0.15) is 0 Å². The molecule has 122 valence electrons. The number of benzene rings is 1. The summed E-state index contributed by atoms with van der Waals surface area (Å²) in [6, 6.07) is 3.52. The van der Waals surface area contributed by atoms with Crippen molar-refractivity contribution in [2.45, 2.75) is 32.7 Å². The fourth-order valence-corrected chi connectivity index (χ4v) is 2.13. The molecule has 1 heterocycles. The lowest BCUT2D eigenvalue weighted by atomic mass is 10.1. The third-order valence-corrected chi connectivity index (χ3v) is 3.01. The molecule has 1 aromatic rings. The number of fused-ring (bicyclic) bond motifs is 1. The van der Waals surface area contributed by atoms with E-state index in [-0.39, 0.29) is 17.4 Å². The van der Waals surface area contributed by atoms with Gasteiger partial charge in [0.15, 0.2) is 11.5 Å². The molecule has 0 radical (unpaired) electrons. The third kappa shape index (κ3) is 4.45. The van der Waals surface area contributed by atoms with Crippen molar-refractivity contribution in [1.29, 1.82) is 0 Å². The van der Waals surface area contributed by atoms with Crippen molar-refractivity contribution in [3.05, 3.63) is 18.2 Å². The van der Waals surface area contributed by atoms with Gasteiger partial charge in [0.2, 0.25) is 0 Å². The summed E-state index contributed by atoms with van der Waals surface area (Å²) in [7, 11) is 0. The van der Waals surface area contributed by atoms with Crippen LogP contribution >= 0.6 is 0 Å². The first kappa shape index (κ1) is 16.3. The molecule has 0 aliphatic carbocycles. The van der Waals surface area contributed by atoms with Gasteiger partial charge < -0.3 is 25.2 Å². The number of urea groups is 1. The average Bonchev–Trinajstić information content (AvgIpc) is 2.68. The molecule has 22 heavy (non-hydrogen) atoms. The van der Waals surface area contributed by atoms with Crippen LogP contribution in [-0.4, -0.2) is 30.1 Å². The van der Waals surface area contributed by atoms with Crippen LogP contribution in [0.15, 0.2) is 18.2 Å². The molecule has 3 N–H and O–H groups in total. The van der Waals surface area contributed by atoms with Crippen LogP contribution in [0.3, 0.4) is 0 Å². The van der Waals surface area contributed by atoms with Crippen LogP contribution in [0.1, 0.15) is 20.3 Å². The highest BCUT2D eigenvalue weighted by Gasteiger charge is 2.43. The van der Waals surface area contributed by atoms with Crippen molar-refractivity contribution in [2.75, 3.05) is 11.9 Å². The van der Waals surface area contributed by atoms with Crippen molar-refractivity contribution in [2.24, 2.45) is 5.92 Å². The largest absolute Gasteiger partial charge is 0.586 e. The number of rotatable bonds is 5. The highest BCUT2D eigenvalue weighted by Crippen LogP contribution is 2.42. The minimum absolute atomic E-state index is 0.0819. The van der Waals surface area contributed by atoms with E-state index >= 15 is 0 Å².